The highest BCUT2D eigenvalue weighted by Crippen LogP contribution is 2.36. The van der Waals surface area contributed by atoms with E-state index in [0.29, 0.717) is 32.6 Å². The van der Waals surface area contributed by atoms with Crippen LogP contribution in [0.25, 0.3) is 0 Å². The Morgan fingerprint density at radius 3 is 2.82 bits per heavy atom. The molecular formula is C14H24F3N3OS. The number of rotatable bonds is 5. The minimum absolute atomic E-state index is 0.101. The Morgan fingerprint density at radius 1 is 1.41 bits per heavy atom. The molecule has 0 saturated carbocycles. The first-order valence-electron chi connectivity index (χ1n) is 7.71. The fraction of sp³-hybridized carbons (Fsp3) is 0.929. The molecule has 0 spiro atoms. The Labute approximate surface area is 133 Å². The normalized spacial score (nSPS) is 29.7. The zero-order valence-corrected chi connectivity index (χ0v) is 13.7. The van der Waals surface area contributed by atoms with E-state index in [9.17, 15) is 18.0 Å². The van der Waals surface area contributed by atoms with Crippen LogP contribution in [-0.4, -0.2) is 60.3 Å². The van der Waals surface area contributed by atoms with Crippen molar-refractivity contribution in [2.24, 2.45) is 5.92 Å². The van der Waals surface area contributed by atoms with Crippen LogP contribution in [0, 0.1) is 5.92 Å². The highest BCUT2D eigenvalue weighted by molar-refractivity contribution is 8.00. The molecule has 128 valence electrons. The highest BCUT2D eigenvalue weighted by Gasteiger charge is 2.34. The summed E-state index contributed by atoms with van der Waals surface area (Å²) >= 11 is 1.88. The number of likely N-dealkylation sites (tertiary alicyclic amines) is 1. The van der Waals surface area contributed by atoms with Gasteiger partial charge in [0.2, 0.25) is 0 Å². The van der Waals surface area contributed by atoms with Crippen LogP contribution in [0.1, 0.15) is 26.2 Å². The van der Waals surface area contributed by atoms with Gasteiger partial charge in [0.1, 0.15) is 0 Å². The summed E-state index contributed by atoms with van der Waals surface area (Å²) in [7, 11) is 0. The third-order valence-electron chi connectivity index (χ3n) is 4.25. The van der Waals surface area contributed by atoms with Crippen molar-refractivity contribution in [3.8, 4) is 0 Å². The largest absolute Gasteiger partial charge is 0.401 e. The first-order valence-corrected chi connectivity index (χ1v) is 8.69. The molecule has 2 saturated heterocycles. The van der Waals surface area contributed by atoms with E-state index in [2.05, 4.69) is 17.6 Å². The molecule has 2 rings (SSSR count). The number of carbonyl (C=O) groups is 1. The van der Waals surface area contributed by atoms with Gasteiger partial charge in [-0.15, -0.1) is 0 Å². The topological polar surface area (TPSA) is 44.4 Å². The number of thioether (sulfide) groups is 1. The number of urea groups is 1. The van der Waals surface area contributed by atoms with Crippen LogP contribution in [0.3, 0.4) is 0 Å². The Hall–Kier alpha value is -0.630. The fourth-order valence-corrected chi connectivity index (χ4v) is 4.26. The summed E-state index contributed by atoms with van der Waals surface area (Å²) in [5.74, 6) is 1.24. The van der Waals surface area contributed by atoms with Crippen molar-refractivity contribution < 1.29 is 18.0 Å². The number of nitrogens with zero attached hydrogens (tertiary/aromatic N) is 1. The summed E-state index contributed by atoms with van der Waals surface area (Å²) in [6, 6.07) is -0.219. The molecule has 0 aliphatic carbocycles. The van der Waals surface area contributed by atoms with E-state index in [4.69, 9.17) is 0 Å². The summed E-state index contributed by atoms with van der Waals surface area (Å²) in [5.41, 5.74) is 0. The SMILES string of the molecule is CC1(CNC(=O)NCC2CCN(CC(F)(F)F)C2)CCCS1. The van der Waals surface area contributed by atoms with Gasteiger partial charge in [-0.05, 0) is 44.4 Å². The second-order valence-electron chi connectivity index (χ2n) is 6.47. The molecule has 2 heterocycles. The smallest absolute Gasteiger partial charge is 0.338 e. The Bertz CT molecular complexity index is 386. The minimum atomic E-state index is -4.14. The van der Waals surface area contributed by atoms with Gasteiger partial charge in [0.25, 0.3) is 0 Å². The maximum Gasteiger partial charge on any atom is 0.401 e. The van der Waals surface area contributed by atoms with Gasteiger partial charge in [0, 0.05) is 24.4 Å². The van der Waals surface area contributed by atoms with Gasteiger partial charge in [-0.25, -0.2) is 4.79 Å². The molecule has 8 heteroatoms. The van der Waals surface area contributed by atoms with Crippen LogP contribution >= 0.6 is 11.8 Å². The Kier molecular flexibility index (Phi) is 5.87. The molecule has 2 N–H and O–H groups in total. The number of hydrogen-bond acceptors (Lipinski definition) is 3. The zero-order valence-electron chi connectivity index (χ0n) is 12.8. The van der Waals surface area contributed by atoms with Gasteiger partial charge in [-0.2, -0.15) is 24.9 Å². The van der Waals surface area contributed by atoms with Gasteiger partial charge in [-0.3, -0.25) is 4.90 Å². The lowest BCUT2D eigenvalue weighted by Crippen LogP contribution is -2.44. The van der Waals surface area contributed by atoms with Crippen molar-refractivity contribution in [1.82, 2.24) is 15.5 Å². The van der Waals surface area contributed by atoms with E-state index < -0.39 is 12.7 Å². The zero-order chi connectivity index (χ0) is 16.2. The Morgan fingerprint density at radius 2 is 2.18 bits per heavy atom. The Balaban J connectivity index is 1.61. The predicted octanol–water partition coefficient (Wildman–Crippen LogP) is 2.46. The number of alkyl halides is 3. The molecule has 2 aliphatic heterocycles. The van der Waals surface area contributed by atoms with Crippen molar-refractivity contribution in [2.75, 3.05) is 38.5 Å². The third kappa shape index (κ3) is 5.87. The lowest BCUT2D eigenvalue weighted by atomic mass is 10.1. The van der Waals surface area contributed by atoms with E-state index in [0.717, 1.165) is 12.2 Å². The number of amides is 2. The molecular weight excluding hydrogens is 315 g/mol. The fourth-order valence-electron chi connectivity index (χ4n) is 3.02. The van der Waals surface area contributed by atoms with E-state index in [1.165, 1.54) is 11.3 Å². The molecule has 2 aliphatic rings. The first-order chi connectivity index (χ1) is 10.3. The average molecular weight is 339 g/mol. The quantitative estimate of drug-likeness (QED) is 0.809. The summed E-state index contributed by atoms with van der Waals surface area (Å²) in [5, 5.41) is 5.66. The molecule has 0 aromatic rings. The molecule has 0 bridgehead atoms. The monoisotopic (exact) mass is 339 g/mol. The van der Waals surface area contributed by atoms with Gasteiger partial charge in [0.05, 0.1) is 6.54 Å². The maximum atomic E-state index is 12.3. The van der Waals surface area contributed by atoms with Crippen LogP contribution in [-0.2, 0) is 0 Å². The molecule has 2 amide bonds. The van der Waals surface area contributed by atoms with Crippen molar-refractivity contribution >= 4 is 17.8 Å². The van der Waals surface area contributed by atoms with Gasteiger partial charge >= 0.3 is 12.2 Å². The molecule has 22 heavy (non-hydrogen) atoms. The standard InChI is InChI=1S/C14H24F3N3OS/c1-13(4-2-6-22-13)9-19-12(21)18-7-11-3-5-20(8-11)10-14(15,16)17/h11H,2-10H2,1H3,(H2,18,19,21). The van der Waals surface area contributed by atoms with Crippen LogP contribution < -0.4 is 10.6 Å². The van der Waals surface area contributed by atoms with Crippen LogP contribution in [0.15, 0.2) is 0 Å². The van der Waals surface area contributed by atoms with Crippen molar-refractivity contribution in [3.63, 3.8) is 0 Å². The number of halogens is 3. The molecule has 0 aromatic heterocycles. The average Bonchev–Trinajstić information content (AvgIpc) is 3.02. The minimum Gasteiger partial charge on any atom is -0.338 e. The molecule has 0 radical (unpaired) electrons. The first kappa shape index (κ1) is 17.7. The summed E-state index contributed by atoms with van der Waals surface area (Å²) in [4.78, 5) is 13.2. The van der Waals surface area contributed by atoms with Gasteiger partial charge < -0.3 is 10.6 Å². The van der Waals surface area contributed by atoms with E-state index in [1.54, 1.807) is 0 Å². The summed E-state index contributed by atoms with van der Waals surface area (Å²) < 4.78 is 37.0. The van der Waals surface area contributed by atoms with Crippen molar-refractivity contribution in [3.05, 3.63) is 0 Å². The molecule has 2 atom stereocenters. The number of nitrogens with one attached hydrogen (secondary N) is 2. The molecule has 2 unspecified atom stereocenters. The van der Waals surface area contributed by atoms with Crippen LogP contribution in [0.2, 0.25) is 0 Å². The third-order valence-corrected chi connectivity index (χ3v) is 5.79. The van der Waals surface area contributed by atoms with Gasteiger partial charge in [0.15, 0.2) is 0 Å². The lowest BCUT2D eigenvalue weighted by Gasteiger charge is -2.23. The van der Waals surface area contributed by atoms with E-state index in [1.807, 2.05) is 11.8 Å². The maximum absolute atomic E-state index is 12.3. The molecule has 2 fully saturated rings. The number of hydrogen-bond donors (Lipinski definition) is 2. The summed E-state index contributed by atoms with van der Waals surface area (Å²) in [6.45, 7) is 3.20. The molecule has 0 aromatic carbocycles. The van der Waals surface area contributed by atoms with E-state index in [-0.39, 0.29) is 16.7 Å². The van der Waals surface area contributed by atoms with Crippen molar-refractivity contribution in [1.29, 1.82) is 0 Å². The summed E-state index contributed by atoms with van der Waals surface area (Å²) in [6.07, 6.45) is -1.16. The van der Waals surface area contributed by atoms with Crippen molar-refractivity contribution in [2.45, 2.75) is 37.1 Å². The van der Waals surface area contributed by atoms with Crippen LogP contribution in [0.4, 0.5) is 18.0 Å². The van der Waals surface area contributed by atoms with E-state index >= 15 is 0 Å². The predicted molar refractivity (Wildman–Crippen MR) is 82.1 cm³/mol. The highest BCUT2D eigenvalue weighted by atomic mass is 32.2. The van der Waals surface area contributed by atoms with Crippen LogP contribution in [0.5, 0.6) is 0 Å². The molecule has 4 nitrogen and oxygen atoms in total. The lowest BCUT2D eigenvalue weighted by molar-refractivity contribution is -0.143. The number of carbonyl (C=O) groups excluding carboxylic acids is 1. The van der Waals surface area contributed by atoms with Gasteiger partial charge in [-0.1, -0.05) is 0 Å². The second-order valence-corrected chi connectivity index (χ2v) is 8.15. The second kappa shape index (κ2) is 7.29.